The van der Waals surface area contributed by atoms with Gasteiger partial charge in [0.1, 0.15) is 5.69 Å². The van der Waals surface area contributed by atoms with Crippen molar-refractivity contribution >= 4 is 17.6 Å². The summed E-state index contributed by atoms with van der Waals surface area (Å²) in [6, 6.07) is -0.491. The van der Waals surface area contributed by atoms with Crippen LogP contribution in [0.5, 0.6) is 0 Å². The van der Waals surface area contributed by atoms with Gasteiger partial charge in [0.2, 0.25) is 0 Å². The van der Waals surface area contributed by atoms with Gasteiger partial charge in [-0.1, -0.05) is 48.2 Å². The van der Waals surface area contributed by atoms with Gasteiger partial charge in [0.05, 0.1) is 12.4 Å². The number of aryl methyl sites for hydroxylation is 1. The van der Waals surface area contributed by atoms with E-state index in [4.69, 9.17) is 11.6 Å². The third-order valence-corrected chi connectivity index (χ3v) is 3.12. The van der Waals surface area contributed by atoms with E-state index in [1.165, 1.54) is 25.2 Å². The van der Waals surface area contributed by atoms with Crippen LogP contribution in [0.1, 0.15) is 38.3 Å². The van der Waals surface area contributed by atoms with Gasteiger partial charge in [0.25, 0.3) is 0 Å². The summed E-state index contributed by atoms with van der Waals surface area (Å²) in [7, 11) is 0. The summed E-state index contributed by atoms with van der Waals surface area (Å²) in [5.74, 6) is 0. The molecule has 0 spiro atoms. The highest BCUT2D eigenvalue weighted by atomic mass is 35.5. The molecule has 0 saturated carbocycles. The molecular weight excluding hydrogens is 268 g/mol. The van der Waals surface area contributed by atoms with Crippen molar-refractivity contribution in [2.45, 2.75) is 39.0 Å². The van der Waals surface area contributed by atoms with Crippen molar-refractivity contribution in [2.24, 2.45) is 0 Å². The van der Waals surface area contributed by atoms with Gasteiger partial charge in [-0.05, 0) is 12.8 Å². The number of unbranched alkanes of at least 4 members (excludes halogenated alkanes) is 3. The standard InChI is InChI=1S/C11H15ClN6O/c1-2-3-4-5-6-9-10(12)18(16-14-9)11(19)17-8-7-13-15-17/h7-8H,2-6H2,1H3. The highest BCUT2D eigenvalue weighted by Crippen LogP contribution is 2.16. The van der Waals surface area contributed by atoms with Crippen LogP contribution in [0.4, 0.5) is 4.79 Å². The predicted molar refractivity (Wildman–Crippen MR) is 69.1 cm³/mol. The van der Waals surface area contributed by atoms with E-state index in [0.29, 0.717) is 5.69 Å². The summed E-state index contributed by atoms with van der Waals surface area (Å²) in [5.41, 5.74) is 0.645. The van der Waals surface area contributed by atoms with Crippen LogP contribution in [0.3, 0.4) is 0 Å². The Morgan fingerprint density at radius 1 is 1.32 bits per heavy atom. The van der Waals surface area contributed by atoms with Gasteiger partial charge in [-0.15, -0.1) is 14.9 Å². The minimum atomic E-state index is -0.491. The number of carbonyl (C=O) groups is 1. The number of aromatic nitrogens is 6. The highest BCUT2D eigenvalue weighted by Gasteiger charge is 2.17. The van der Waals surface area contributed by atoms with Crippen LogP contribution in [-0.2, 0) is 6.42 Å². The van der Waals surface area contributed by atoms with Gasteiger partial charge in [-0.3, -0.25) is 0 Å². The fourth-order valence-electron chi connectivity index (χ4n) is 1.70. The lowest BCUT2D eigenvalue weighted by Gasteiger charge is -2.00. The molecule has 2 heterocycles. The molecule has 2 aromatic heterocycles. The Morgan fingerprint density at radius 3 is 2.84 bits per heavy atom. The van der Waals surface area contributed by atoms with E-state index < -0.39 is 6.03 Å². The first-order chi connectivity index (χ1) is 9.24. The number of nitrogens with zero attached hydrogens (tertiary/aromatic N) is 6. The molecule has 0 saturated heterocycles. The fourth-order valence-corrected chi connectivity index (χ4v) is 1.94. The second-order valence-corrected chi connectivity index (χ2v) is 4.54. The third kappa shape index (κ3) is 3.17. The first-order valence-corrected chi connectivity index (χ1v) is 6.63. The van der Waals surface area contributed by atoms with Crippen LogP contribution in [0.2, 0.25) is 5.15 Å². The average Bonchev–Trinajstić information content (AvgIpc) is 3.04. The molecule has 2 rings (SSSR count). The van der Waals surface area contributed by atoms with Crippen molar-refractivity contribution < 1.29 is 4.79 Å². The van der Waals surface area contributed by atoms with Gasteiger partial charge < -0.3 is 0 Å². The molecule has 0 aromatic carbocycles. The molecule has 0 fully saturated rings. The number of hydrogen-bond donors (Lipinski definition) is 0. The predicted octanol–water partition coefficient (Wildman–Crippen LogP) is 2.16. The molecule has 0 atom stereocenters. The maximum absolute atomic E-state index is 12.0. The van der Waals surface area contributed by atoms with Gasteiger partial charge in [0, 0.05) is 0 Å². The van der Waals surface area contributed by atoms with E-state index in [2.05, 4.69) is 27.5 Å². The summed E-state index contributed by atoms with van der Waals surface area (Å²) in [6.45, 7) is 2.15. The summed E-state index contributed by atoms with van der Waals surface area (Å²) in [4.78, 5) is 12.0. The molecule has 19 heavy (non-hydrogen) atoms. The van der Waals surface area contributed by atoms with Crippen molar-refractivity contribution in [3.05, 3.63) is 23.2 Å². The molecule has 0 unspecified atom stereocenters. The lowest BCUT2D eigenvalue weighted by atomic mass is 10.1. The van der Waals surface area contributed by atoms with Crippen LogP contribution in [0, 0.1) is 0 Å². The zero-order valence-corrected chi connectivity index (χ0v) is 11.4. The Labute approximate surface area is 115 Å². The van der Waals surface area contributed by atoms with E-state index >= 15 is 0 Å². The van der Waals surface area contributed by atoms with E-state index in [1.54, 1.807) is 0 Å². The second kappa shape index (κ2) is 6.42. The molecule has 0 aliphatic heterocycles. The molecule has 0 aliphatic carbocycles. The number of carbonyl (C=O) groups excluding carboxylic acids is 1. The summed E-state index contributed by atoms with van der Waals surface area (Å²) in [6.07, 6.45) is 8.04. The molecule has 0 N–H and O–H groups in total. The Bertz CT molecular complexity index is 535. The smallest absolute Gasteiger partial charge is 0.243 e. The van der Waals surface area contributed by atoms with Gasteiger partial charge in [-0.25, -0.2) is 4.79 Å². The lowest BCUT2D eigenvalue weighted by molar-refractivity contribution is 0.237. The molecular formula is C11H15ClN6O. The van der Waals surface area contributed by atoms with Crippen molar-refractivity contribution in [1.29, 1.82) is 0 Å². The summed E-state index contributed by atoms with van der Waals surface area (Å²) >= 11 is 6.10. The van der Waals surface area contributed by atoms with Crippen molar-refractivity contribution in [1.82, 2.24) is 30.0 Å². The fraction of sp³-hybridized carbons (Fsp3) is 0.545. The molecule has 2 aromatic rings. The minimum Gasteiger partial charge on any atom is -0.243 e. The SMILES string of the molecule is CCCCCCc1nnn(C(=O)n2ccnn2)c1Cl. The number of halogens is 1. The van der Waals surface area contributed by atoms with Crippen LogP contribution in [0.15, 0.2) is 12.4 Å². The Morgan fingerprint density at radius 2 is 2.16 bits per heavy atom. The van der Waals surface area contributed by atoms with Crippen molar-refractivity contribution in [3.63, 3.8) is 0 Å². The zero-order chi connectivity index (χ0) is 13.7. The minimum absolute atomic E-state index is 0.247. The molecule has 7 nitrogen and oxygen atoms in total. The largest absolute Gasteiger partial charge is 0.373 e. The lowest BCUT2D eigenvalue weighted by Crippen LogP contribution is -2.21. The normalized spacial score (nSPS) is 10.8. The zero-order valence-electron chi connectivity index (χ0n) is 10.7. The second-order valence-electron chi connectivity index (χ2n) is 4.18. The summed E-state index contributed by atoms with van der Waals surface area (Å²) in [5, 5.41) is 15.1. The van der Waals surface area contributed by atoms with Crippen LogP contribution < -0.4 is 0 Å². The van der Waals surface area contributed by atoms with Crippen molar-refractivity contribution in [2.75, 3.05) is 0 Å². The van der Waals surface area contributed by atoms with E-state index in [-0.39, 0.29) is 5.15 Å². The van der Waals surface area contributed by atoms with Crippen LogP contribution >= 0.6 is 11.6 Å². The van der Waals surface area contributed by atoms with Crippen LogP contribution in [-0.4, -0.2) is 36.0 Å². The highest BCUT2D eigenvalue weighted by molar-refractivity contribution is 6.31. The van der Waals surface area contributed by atoms with E-state index in [0.717, 1.165) is 28.6 Å². The van der Waals surface area contributed by atoms with Gasteiger partial charge in [0.15, 0.2) is 5.15 Å². The van der Waals surface area contributed by atoms with Gasteiger partial charge in [-0.2, -0.15) is 4.68 Å². The number of hydrogen-bond acceptors (Lipinski definition) is 5. The average molecular weight is 283 g/mol. The van der Waals surface area contributed by atoms with Crippen LogP contribution in [0.25, 0.3) is 0 Å². The molecule has 0 radical (unpaired) electrons. The topological polar surface area (TPSA) is 78.5 Å². The maximum atomic E-state index is 12.0. The molecule has 0 aliphatic rings. The summed E-state index contributed by atoms with van der Waals surface area (Å²) < 4.78 is 2.09. The van der Waals surface area contributed by atoms with E-state index in [1.807, 2.05) is 0 Å². The Hall–Kier alpha value is -1.76. The Balaban J connectivity index is 2.04. The van der Waals surface area contributed by atoms with Crippen molar-refractivity contribution in [3.8, 4) is 0 Å². The molecule has 8 heteroatoms. The monoisotopic (exact) mass is 282 g/mol. The number of rotatable bonds is 5. The molecule has 102 valence electrons. The van der Waals surface area contributed by atoms with E-state index in [9.17, 15) is 4.79 Å². The molecule has 0 bridgehead atoms. The molecule has 0 amide bonds. The maximum Gasteiger partial charge on any atom is 0.373 e. The quantitative estimate of drug-likeness (QED) is 0.785. The first kappa shape index (κ1) is 13.7. The first-order valence-electron chi connectivity index (χ1n) is 6.25. The van der Waals surface area contributed by atoms with Gasteiger partial charge >= 0.3 is 6.03 Å². The third-order valence-electron chi connectivity index (χ3n) is 2.75. The Kier molecular flexibility index (Phi) is 4.62.